The summed E-state index contributed by atoms with van der Waals surface area (Å²) >= 11 is 0. The van der Waals surface area contributed by atoms with Crippen LogP contribution in [0, 0.1) is 0 Å². The van der Waals surface area contributed by atoms with E-state index in [0.29, 0.717) is 12.1 Å². The molecule has 0 radical (unpaired) electrons. The van der Waals surface area contributed by atoms with E-state index in [1.807, 2.05) is 6.92 Å². The van der Waals surface area contributed by atoms with E-state index >= 15 is 0 Å². The van der Waals surface area contributed by atoms with E-state index in [2.05, 4.69) is 9.97 Å². The molecule has 0 aliphatic heterocycles. The number of rotatable bonds is 4. The standard InChI is InChI=1S/C14H14F3N3O/c1-2-3-10-7-13(20-8-19-10)21-12-5-4-9(18)6-11(12)14(15,16)17/h4-8H,2-3,18H2,1H3. The van der Waals surface area contributed by atoms with Gasteiger partial charge < -0.3 is 10.5 Å². The fraction of sp³-hybridized carbons (Fsp3) is 0.286. The van der Waals surface area contributed by atoms with Gasteiger partial charge in [-0.15, -0.1) is 0 Å². The molecule has 112 valence electrons. The second-order valence-electron chi connectivity index (χ2n) is 4.45. The van der Waals surface area contributed by atoms with E-state index in [-0.39, 0.29) is 17.3 Å². The Kier molecular flexibility index (Phi) is 4.30. The summed E-state index contributed by atoms with van der Waals surface area (Å²) < 4.78 is 44.1. The van der Waals surface area contributed by atoms with Gasteiger partial charge in [-0.25, -0.2) is 9.97 Å². The van der Waals surface area contributed by atoms with Gasteiger partial charge in [-0.05, 0) is 24.6 Å². The van der Waals surface area contributed by atoms with Crippen LogP contribution in [-0.2, 0) is 12.6 Å². The van der Waals surface area contributed by atoms with Gasteiger partial charge in [0.1, 0.15) is 17.6 Å². The average Bonchev–Trinajstić information content (AvgIpc) is 2.40. The van der Waals surface area contributed by atoms with Crippen molar-refractivity contribution in [3.63, 3.8) is 0 Å². The number of halogens is 3. The Morgan fingerprint density at radius 3 is 2.62 bits per heavy atom. The summed E-state index contributed by atoms with van der Waals surface area (Å²) in [5, 5.41) is 0. The topological polar surface area (TPSA) is 61.0 Å². The van der Waals surface area contributed by atoms with E-state index in [9.17, 15) is 13.2 Å². The lowest BCUT2D eigenvalue weighted by atomic mass is 10.1. The Hall–Kier alpha value is -2.31. The summed E-state index contributed by atoms with van der Waals surface area (Å²) in [7, 11) is 0. The van der Waals surface area contributed by atoms with Gasteiger partial charge in [0.2, 0.25) is 5.88 Å². The summed E-state index contributed by atoms with van der Waals surface area (Å²) in [5.41, 5.74) is 5.20. The molecule has 2 aromatic rings. The normalized spacial score (nSPS) is 11.4. The molecule has 0 saturated carbocycles. The second kappa shape index (κ2) is 5.99. The van der Waals surface area contributed by atoms with E-state index < -0.39 is 11.7 Å². The van der Waals surface area contributed by atoms with Crippen LogP contribution in [0.1, 0.15) is 24.6 Å². The van der Waals surface area contributed by atoms with E-state index in [1.54, 1.807) is 0 Å². The number of benzene rings is 1. The Morgan fingerprint density at radius 2 is 1.95 bits per heavy atom. The van der Waals surface area contributed by atoms with Crippen LogP contribution in [0.4, 0.5) is 18.9 Å². The number of ether oxygens (including phenoxy) is 1. The molecule has 0 fully saturated rings. The van der Waals surface area contributed by atoms with Crippen molar-refractivity contribution in [2.45, 2.75) is 25.9 Å². The maximum absolute atomic E-state index is 13.0. The van der Waals surface area contributed by atoms with Gasteiger partial charge in [0.25, 0.3) is 0 Å². The number of aromatic nitrogens is 2. The third-order valence-corrected chi connectivity index (χ3v) is 2.73. The van der Waals surface area contributed by atoms with Crippen molar-refractivity contribution in [2.24, 2.45) is 0 Å². The molecule has 1 heterocycles. The maximum Gasteiger partial charge on any atom is 0.420 e. The van der Waals surface area contributed by atoms with Crippen LogP contribution in [0.2, 0.25) is 0 Å². The number of aryl methyl sites for hydroxylation is 1. The van der Waals surface area contributed by atoms with Gasteiger partial charge >= 0.3 is 6.18 Å². The molecule has 0 aliphatic rings. The van der Waals surface area contributed by atoms with Crippen molar-refractivity contribution in [3.05, 3.63) is 41.9 Å². The first kappa shape index (κ1) is 15.1. The Morgan fingerprint density at radius 1 is 1.19 bits per heavy atom. The Labute approximate surface area is 119 Å². The van der Waals surface area contributed by atoms with Gasteiger partial charge in [-0.2, -0.15) is 13.2 Å². The van der Waals surface area contributed by atoms with Crippen LogP contribution < -0.4 is 10.5 Å². The quantitative estimate of drug-likeness (QED) is 0.871. The number of nitrogen functional groups attached to an aromatic ring is 1. The predicted octanol–water partition coefficient (Wildman–Crippen LogP) is 3.82. The van der Waals surface area contributed by atoms with Gasteiger partial charge in [-0.1, -0.05) is 13.3 Å². The number of hydrogen-bond acceptors (Lipinski definition) is 4. The lowest BCUT2D eigenvalue weighted by Gasteiger charge is -2.14. The lowest BCUT2D eigenvalue weighted by molar-refractivity contribution is -0.138. The zero-order valence-electron chi connectivity index (χ0n) is 11.3. The number of anilines is 1. The molecule has 0 saturated heterocycles. The van der Waals surface area contributed by atoms with Gasteiger partial charge in [0.05, 0.1) is 0 Å². The highest BCUT2D eigenvalue weighted by molar-refractivity contribution is 5.50. The minimum absolute atomic E-state index is 0.0176. The molecule has 7 heteroatoms. The minimum atomic E-state index is -4.55. The summed E-state index contributed by atoms with van der Waals surface area (Å²) in [4.78, 5) is 7.85. The fourth-order valence-electron chi connectivity index (χ4n) is 1.80. The minimum Gasteiger partial charge on any atom is -0.438 e. The summed E-state index contributed by atoms with van der Waals surface area (Å²) in [6.45, 7) is 1.98. The van der Waals surface area contributed by atoms with Crippen molar-refractivity contribution < 1.29 is 17.9 Å². The maximum atomic E-state index is 13.0. The van der Waals surface area contributed by atoms with Crippen LogP contribution in [0.25, 0.3) is 0 Å². The molecule has 0 atom stereocenters. The molecular formula is C14H14F3N3O. The first-order valence-corrected chi connectivity index (χ1v) is 6.35. The van der Waals surface area contributed by atoms with Crippen LogP contribution in [-0.4, -0.2) is 9.97 Å². The van der Waals surface area contributed by atoms with Gasteiger partial charge in [0, 0.05) is 17.4 Å². The molecule has 1 aromatic carbocycles. The van der Waals surface area contributed by atoms with Crippen LogP contribution in [0.5, 0.6) is 11.6 Å². The first-order valence-electron chi connectivity index (χ1n) is 6.35. The highest BCUT2D eigenvalue weighted by atomic mass is 19.4. The molecule has 0 bridgehead atoms. The van der Waals surface area contributed by atoms with E-state index in [0.717, 1.165) is 12.5 Å². The molecule has 1 aromatic heterocycles. The number of nitrogens with zero attached hydrogens (tertiary/aromatic N) is 2. The Balaban J connectivity index is 2.33. The van der Waals surface area contributed by atoms with Crippen molar-refractivity contribution >= 4 is 5.69 Å². The highest BCUT2D eigenvalue weighted by Gasteiger charge is 2.34. The van der Waals surface area contributed by atoms with E-state index in [4.69, 9.17) is 10.5 Å². The zero-order chi connectivity index (χ0) is 15.5. The largest absolute Gasteiger partial charge is 0.438 e. The monoisotopic (exact) mass is 297 g/mol. The number of nitrogens with two attached hydrogens (primary N) is 1. The summed E-state index contributed by atoms with van der Waals surface area (Å²) in [6, 6.07) is 4.89. The highest BCUT2D eigenvalue weighted by Crippen LogP contribution is 2.38. The molecule has 2 rings (SSSR count). The first-order chi connectivity index (χ1) is 9.90. The van der Waals surface area contributed by atoms with Crippen molar-refractivity contribution in [3.8, 4) is 11.6 Å². The fourth-order valence-corrected chi connectivity index (χ4v) is 1.80. The number of alkyl halides is 3. The van der Waals surface area contributed by atoms with Crippen LogP contribution in [0.15, 0.2) is 30.6 Å². The van der Waals surface area contributed by atoms with Crippen LogP contribution >= 0.6 is 0 Å². The van der Waals surface area contributed by atoms with Crippen LogP contribution in [0.3, 0.4) is 0 Å². The summed E-state index contributed by atoms with van der Waals surface area (Å²) in [6.07, 6.45) is -1.71. The van der Waals surface area contributed by atoms with Gasteiger partial charge in [0.15, 0.2) is 0 Å². The van der Waals surface area contributed by atoms with Crippen molar-refractivity contribution in [1.29, 1.82) is 0 Å². The lowest BCUT2D eigenvalue weighted by Crippen LogP contribution is -2.08. The molecule has 21 heavy (non-hydrogen) atoms. The molecular weight excluding hydrogens is 283 g/mol. The van der Waals surface area contributed by atoms with Gasteiger partial charge in [-0.3, -0.25) is 0 Å². The predicted molar refractivity (Wildman–Crippen MR) is 72.0 cm³/mol. The SMILES string of the molecule is CCCc1cc(Oc2ccc(N)cc2C(F)(F)F)ncn1. The molecule has 4 nitrogen and oxygen atoms in total. The average molecular weight is 297 g/mol. The third kappa shape index (κ3) is 3.84. The summed E-state index contributed by atoms with van der Waals surface area (Å²) in [5.74, 6) is -0.262. The number of hydrogen-bond donors (Lipinski definition) is 1. The zero-order valence-corrected chi connectivity index (χ0v) is 11.3. The molecule has 0 amide bonds. The molecule has 0 unspecified atom stereocenters. The van der Waals surface area contributed by atoms with Crippen molar-refractivity contribution in [2.75, 3.05) is 5.73 Å². The Bertz CT molecular complexity index is 629. The smallest absolute Gasteiger partial charge is 0.420 e. The molecule has 0 spiro atoms. The van der Waals surface area contributed by atoms with Crippen molar-refractivity contribution in [1.82, 2.24) is 9.97 Å². The molecule has 2 N–H and O–H groups in total. The molecule has 0 aliphatic carbocycles. The second-order valence-corrected chi connectivity index (χ2v) is 4.45. The third-order valence-electron chi connectivity index (χ3n) is 2.73. The van der Waals surface area contributed by atoms with E-state index in [1.165, 1.54) is 24.5 Å².